The van der Waals surface area contributed by atoms with Crippen LogP contribution in [0.4, 0.5) is 0 Å². The third kappa shape index (κ3) is 4.87. The molecule has 1 fully saturated rings. The number of amides is 1. The molecule has 156 valence electrons. The minimum Gasteiger partial charge on any atom is -0.338 e. The number of benzene rings is 2. The predicted octanol–water partition coefficient (Wildman–Crippen LogP) is 5.50. The second-order valence-electron chi connectivity index (χ2n) is 7.60. The average Bonchev–Trinajstić information content (AvgIpc) is 3.03. The van der Waals surface area contributed by atoms with Crippen LogP contribution in [-0.2, 0) is 4.79 Å². The first-order valence-corrected chi connectivity index (χ1v) is 10.9. The summed E-state index contributed by atoms with van der Waals surface area (Å²) in [5.74, 6) is -0.209. The van der Waals surface area contributed by atoms with Crippen molar-refractivity contribution in [3.05, 3.63) is 77.0 Å². The number of para-hydroxylation sites is 1. The van der Waals surface area contributed by atoms with Gasteiger partial charge in [0.2, 0.25) is 0 Å². The van der Waals surface area contributed by atoms with Gasteiger partial charge in [0.05, 0.1) is 11.4 Å². The van der Waals surface area contributed by atoms with E-state index in [9.17, 15) is 10.1 Å². The van der Waals surface area contributed by atoms with E-state index >= 15 is 0 Å². The summed E-state index contributed by atoms with van der Waals surface area (Å²) in [5, 5.41) is 15.2. The largest absolute Gasteiger partial charge is 0.338 e. The molecule has 1 aliphatic rings. The van der Waals surface area contributed by atoms with Crippen LogP contribution in [0.1, 0.15) is 31.2 Å². The van der Waals surface area contributed by atoms with Gasteiger partial charge in [0.15, 0.2) is 0 Å². The molecule has 0 atom stereocenters. The van der Waals surface area contributed by atoms with E-state index in [0.717, 1.165) is 36.9 Å². The zero-order valence-electron chi connectivity index (χ0n) is 17.2. The molecule has 0 N–H and O–H groups in total. The molecule has 0 radical (unpaired) electrons. The minimum absolute atomic E-state index is 0.129. The number of hydrogen-bond acceptors (Lipinski definition) is 3. The van der Waals surface area contributed by atoms with Gasteiger partial charge in [-0.15, -0.1) is 0 Å². The maximum Gasteiger partial charge on any atom is 0.264 e. The lowest BCUT2D eigenvalue weighted by Crippen LogP contribution is -2.32. The number of hydrogen-bond donors (Lipinski definition) is 0. The van der Waals surface area contributed by atoms with Gasteiger partial charge in [-0.1, -0.05) is 54.8 Å². The van der Waals surface area contributed by atoms with Crippen LogP contribution in [-0.4, -0.2) is 33.7 Å². The van der Waals surface area contributed by atoms with Crippen molar-refractivity contribution in [1.29, 1.82) is 5.26 Å². The zero-order chi connectivity index (χ0) is 21.6. The van der Waals surface area contributed by atoms with E-state index < -0.39 is 0 Å². The van der Waals surface area contributed by atoms with Crippen LogP contribution in [0.2, 0.25) is 5.02 Å². The summed E-state index contributed by atoms with van der Waals surface area (Å²) >= 11 is 6.06. The van der Waals surface area contributed by atoms with E-state index in [-0.39, 0.29) is 11.5 Å². The van der Waals surface area contributed by atoms with Gasteiger partial charge >= 0.3 is 0 Å². The molecule has 0 spiro atoms. The van der Waals surface area contributed by atoms with Gasteiger partial charge in [0.25, 0.3) is 5.91 Å². The first-order valence-electron chi connectivity index (χ1n) is 10.5. The van der Waals surface area contributed by atoms with Gasteiger partial charge < -0.3 is 4.90 Å². The number of halogens is 1. The van der Waals surface area contributed by atoms with Gasteiger partial charge in [-0.3, -0.25) is 4.79 Å². The highest BCUT2D eigenvalue weighted by molar-refractivity contribution is 6.30. The van der Waals surface area contributed by atoms with Crippen LogP contribution in [0.15, 0.2) is 66.4 Å². The highest BCUT2D eigenvalue weighted by atomic mass is 35.5. The smallest absolute Gasteiger partial charge is 0.264 e. The van der Waals surface area contributed by atoms with E-state index in [1.807, 2.05) is 48.7 Å². The summed E-state index contributed by atoms with van der Waals surface area (Å²) in [6.07, 6.45) is 7.72. The Balaban J connectivity index is 1.76. The molecule has 4 rings (SSSR count). The Kier molecular flexibility index (Phi) is 6.49. The molecule has 1 aliphatic heterocycles. The molecule has 0 aliphatic carbocycles. The Bertz CT molecular complexity index is 1120. The van der Waals surface area contributed by atoms with Crippen molar-refractivity contribution < 1.29 is 4.79 Å². The molecule has 0 saturated carbocycles. The summed E-state index contributed by atoms with van der Waals surface area (Å²) < 4.78 is 1.77. The Morgan fingerprint density at radius 1 is 1.00 bits per heavy atom. The fraction of sp³-hybridized carbons (Fsp3) is 0.240. The molecular weight excluding hydrogens is 408 g/mol. The molecule has 31 heavy (non-hydrogen) atoms. The molecule has 1 saturated heterocycles. The van der Waals surface area contributed by atoms with Crippen LogP contribution in [0.5, 0.6) is 0 Å². The number of aromatic nitrogens is 2. The molecule has 6 heteroatoms. The Labute approximate surface area is 187 Å². The number of carbonyl (C=O) groups excluding carboxylic acids is 1. The SMILES string of the molecule is N#C/C(=C\c1cn(-c2ccccc2)nc1-c1ccc(Cl)cc1)C(=O)N1CCCCCC1. The van der Waals surface area contributed by atoms with Gasteiger partial charge in [0, 0.05) is 35.4 Å². The van der Waals surface area contributed by atoms with Crippen LogP contribution >= 0.6 is 11.6 Å². The van der Waals surface area contributed by atoms with Crippen molar-refractivity contribution in [2.45, 2.75) is 25.7 Å². The lowest BCUT2D eigenvalue weighted by Gasteiger charge is -2.19. The minimum atomic E-state index is -0.209. The number of nitriles is 1. The first kappa shape index (κ1) is 20.9. The van der Waals surface area contributed by atoms with Crippen molar-refractivity contribution in [1.82, 2.24) is 14.7 Å². The topological polar surface area (TPSA) is 61.9 Å². The average molecular weight is 431 g/mol. The number of carbonyl (C=O) groups is 1. The van der Waals surface area contributed by atoms with E-state index in [4.69, 9.17) is 16.7 Å². The molecule has 0 unspecified atom stereocenters. The summed E-state index contributed by atoms with van der Waals surface area (Å²) in [5.41, 5.74) is 3.30. The highest BCUT2D eigenvalue weighted by Gasteiger charge is 2.21. The van der Waals surface area contributed by atoms with Gasteiger partial charge in [0.1, 0.15) is 11.6 Å². The quantitative estimate of drug-likeness (QED) is 0.405. The molecule has 3 aromatic rings. The maximum absolute atomic E-state index is 13.0. The van der Waals surface area contributed by atoms with Crippen molar-refractivity contribution in [3.63, 3.8) is 0 Å². The number of rotatable bonds is 4. The predicted molar refractivity (Wildman–Crippen MR) is 123 cm³/mol. The summed E-state index contributed by atoms with van der Waals surface area (Å²) in [6, 6.07) is 19.3. The van der Waals surface area contributed by atoms with E-state index in [2.05, 4.69) is 6.07 Å². The fourth-order valence-electron chi connectivity index (χ4n) is 3.78. The van der Waals surface area contributed by atoms with Crippen molar-refractivity contribution >= 4 is 23.6 Å². The number of likely N-dealkylation sites (tertiary alicyclic amines) is 1. The maximum atomic E-state index is 13.0. The standard InChI is InChI=1S/C25H23ClN4O/c26-22-12-10-19(11-13-22)24-21(18-30(28-24)23-8-4-3-5-9-23)16-20(17-27)25(31)29-14-6-1-2-7-15-29/h3-5,8-13,16,18H,1-2,6-7,14-15H2/b20-16+. The van der Waals surface area contributed by atoms with Crippen LogP contribution in [0.3, 0.4) is 0 Å². The van der Waals surface area contributed by atoms with E-state index in [1.165, 1.54) is 0 Å². The van der Waals surface area contributed by atoms with Crippen molar-refractivity contribution in [2.24, 2.45) is 0 Å². The van der Waals surface area contributed by atoms with Gasteiger partial charge in [-0.2, -0.15) is 10.4 Å². The molecule has 1 aromatic heterocycles. The number of nitrogens with zero attached hydrogens (tertiary/aromatic N) is 4. The zero-order valence-corrected chi connectivity index (χ0v) is 17.9. The lowest BCUT2D eigenvalue weighted by atomic mass is 10.1. The lowest BCUT2D eigenvalue weighted by molar-refractivity contribution is -0.126. The fourth-order valence-corrected chi connectivity index (χ4v) is 3.91. The second-order valence-corrected chi connectivity index (χ2v) is 8.03. The van der Waals surface area contributed by atoms with E-state index in [0.29, 0.717) is 29.4 Å². The van der Waals surface area contributed by atoms with Gasteiger partial charge in [-0.25, -0.2) is 4.68 Å². The van der Waals surface area contributed by atoms with Crippen LogP contribution in [0.25, 0.3) is 23.0 Å². The normalized spacial score (nSPS) is 14.7. The molecule has 1 amide bonds. The summed E-state index contributed by atoms with van der Waals surface area (Å²) in [4.78, 5) is 14.8. The van der Waals surface area contributed by atoms with Crippen molar-refractivity contribution in [3.8, 4) is 23.0 Å². The van der Waals surface area contributed by atoms with Crippen LogP contribution < -0.4 is 0 Å². The van der Waals surface area contributed by atoms with E-state index in [1.54, 1.807) is 27.8 Å². The third-order valence-corrected chi connectivity index (χ3v) is 5.68. The van der Waals surface area contributed by atoms with Crippen LogP contribution in [0, 0.1) is 11.3 Å². The highest BCUT2D eigenvalue weighted by Crippen LogP contribution is 2.27. The molecule has 2 aromatic carbocycles. The Morgan fingerprint density at radius 2 is 1.68 bits per heavy atom. The molecule has 2 heterocycles. The third-order valence-electron chi connectivity index (χ3n) is 5.42. The Hall–Kier alpha value is -3.36. The van der Waals surface area contributed by atoms with Crippen molar-refractivity contribution in [2.75, 3.05) is 13.1 Å². The monoisotopic (exact) mass is 430 g/mol. The van der Waals surface area contributed by atoms with Gasteiger partial charge in [-0.05, 0) is 43.2 Å². The Morgan fingerprint density at radius 3 is 2.32 bits per heavy atom. The summed E-state index contributed by atoms with van der Waals surface area (Å²) in [7, 11) is 0. The second kappa shape index (κ2) is 9.63. The molecule has 0 bridgehead atoms. The summed E-state index contributed by atoms with van der Waals surface area (Å²) in [6.45, 7) is 1.40. The molecular formula is C25H23ClN4O. The first-order chi connectivity index (χ1) is 15.2. The molecule has 5 nitrogen and oxygen atoms in total.